The number of ether oxygens (including phenoxy) is 1. The molecular weight excluding hydrogens is 250 g/mol. The Bertz CT molecular complexity index is 339. The number of nitrogens with zero attached hydrogens (tertiary/aromatic N) is 1. The van der Waals surface area contributed by atoms with Gasteiger partial charge in [-0.3, -0.25) is 0 Å². The molecule has 0 aliphatic carbocycles. The summed E-state index contributed by atoms with van der Waals surface area (Å²) >= 11 is 5.77. The molecule has 1 aliphatic heterocycles. The fraction of sp³-hybridized carbons (Fsp3) is 0.615. The second kappa shape index (κ2) is 7.56. The summed E-state index contributed by atoms with van der Waals surface area (Å²) < 4.78 is 5.82. The molecular formula is C13H20ClN3O. The molecule has 4 nitrogen and oxygen atoms in total. The molecule has 0 saturated carbocycles. The van der Waals surface area contributed by atoms with Crippen LogP contribution in [-0.2, 0) is 4.74 Å². The minimum atomic E-state index is 0.444. The fourth-order valence-corrected chi connectivity index (χ4v) is 2.09. The Morgan fingerprint density at radius 2 is 2.22 bits per heavy atom. The van der Waals surface area contributed by atoms with Gasteiger partial charge in [0.1, 0.15) is 5.82 Å². The van der Waals surface area contributed by atoms with Gasteiger partial charge in [0.05, 0.1) is 11.1 Å². The zero-order chi connectivity index (χ0) is 12.6. The monoisotopic (exact) mass is 269 g/mol. The number of anilines is 1. The van der Waals surface area contributed by atoms with Crippen LogP contribution in [-0.4, -0.2) is 37.3 Å². The van der Waals surface area contributed by atoms with Crippen LogP contribution in [0.2, 0.25) is 5.02 Å². The van der Waals surface area contributed by atoms with Gasteiger partial charge >= 0.3 is 0 Å². The maximum Gasteiger partial charge on any atom is 0.125 e. The summed E-state index contributed by atoms with van der Waals surface area (Å²) in [6, 6.07) is 3.72. The first kappa shape index (κ1) is 13.6. The molecule has 1 aliphatic rings. The van der Waals surface area contributed by atoms with E-state index in [1.165, 1.54) is 0 Å². The van der Waals surface area contributed by atoms with E-state index in [9.17, 15) is 0 Å². The van der Waals surface area contributed by atoms with Gasteiger partial charge in [-0.2, -0.15) is 0 Å². The van der Waals surface area contributed by atoms with Gasteiger partial charge in [0.25, 0.3) is 0 Å². The Kier molecular flexibility index (Phi) is 5.71. The van der Waals surface area contributed by atoms with E-state index in [2.05, 4.69) is 15.6 Å². The first-order chi connectivity index (χ1) is 8.84. The van der Waals surface area contributed by atoms with Gasteiger partial charge in [-0.15, -0.1) is 0 Å². The van der Waals surface area contributed by atoms with Crippen molar-refractivity contribution < 1.29 is 4.74 Å². The summed E-state index contributed by atoms with van der Waals surface area (Å²) in [7, 11) is 0. The molecule has 0 bridgehead atoms. The highest BCUT2D eigenvalue weighted by atomic mass is 35.5. The number of halogens is 1. The quantitative estimate of drug-likeness (QED) is 0.778. The van der Waals surface area contributed by atoms with Gasteiger partial charge in [0, 0.05) is 19.3 Å². The van der Waals surface area contributed by atoms with Crippen LogP contribution in [0.1, 0.15) is 19.3 Å². The summed E-state index contributed by atoms with van der Waals surface area (Å²) in [5.74, 6) is 0.862. The van der Waals surface area contributed by atoms with E-state index < -0.39 is 0 Å². The van der Waals surface area contributed by atoms with Crippen LogP contribution < -0.4 is 10.6 Å². The van der Waals surface area contributed by atoms with Crippen molar-refractivity contribution in [3.8, 4) is 0 Å². The average molecular weight is 270 g/mol. The van der Waals surface area contributed by atoms with Crippen molar-refractivity contribution in [2.45, 2.75) is 25.4 Å². The number of nitrogens with one attached hydrogen (secondary N) is 2. The minimum absolute atomic E-state index is 0.444. The van der Waals surface area contributed by atoms with Crippen molar-refractivity contribution in [1.29, 1.82) is 0 Å². The zero-order valence-corrected chi connectivity index (χ0v) is 11.2. The second-order valence-corrected chi connectivity index (χ2v) is 4.90. The Labute approximate surface area is 113 Å². The highest BCUT2D eigenvalue weighted by Crippen LogP contribution is 2.10. The molecule has 0 atom stereocenters. The number of aromatic nitrogens is 1. The molecule has 0 spiro atoms. The number of hydrogen-bond donors (Lipinski definition) is 2. The van der Waals surface area contributed by atoms with Crippen molar-refractivity contribution in [3.05, 3.63) is 23.4 Å². The lowest BCUT2D eigenvalue weighted by molar-refractivity contribution is 0.0329. The first-order valence-electron chi connectivity index (χ1n) is 6.52. The second-order valence-electron chi connectivity index (χ2n) is 4.46. The molecule has 100 valence electrons. The van der Waals surface area contributed by atoms with E-state index in [1.54, 1.807) is 6.20 Å². The van der Waals surface area contributed by atoms with E-state index in [1.807, 2.05) is 12.1 Å². The molecule has 2 N–H and O–H groups in total. The molecule has 1 aromatic heterocycles. The molecule has 0 aromatic carbocycles. The number of hydrogen-bond acceptors (Lipinski definition) is 4. The van der Waals surface area contributed by atoms with Gasteiger partial charge in [-0.25, -0.2) is 4.98 Å². The predicted molar refractivity (Wildman–Crippen MR) is 74.2 cm³/mol. The van der Waals surface area contributed by atoms with Crippen LogP contribution in [0.15, 0.2) is 18.3 Å². The van der Waals surface area contributed by atoms with Crippen LogP contribution >= 0.6 is 11.6 Å². The maximum atomic E-state index is 5.82. The van der Waals surface area contributed by atoms with Crippen molar-refractivity contribution in [3.63, 3.8) is 0 Å². The van der Waals surface area contributed by atoms with Crippen LogP contribution in [0, 0.1) is 0 Å². The van der Waals surface area contributed by atoms with Crippen molar-refractivity contribution >= 4 is 17.4 Å². The fourth-order valence-electron chi connectivity index (χ4n) is 1.98. The maximum absolute atomic E-state index is 5.82. The van der Waals surface area contributed by atoms with Crippen molar-refractivity contribution in [2.24, 2.45) is 0 Å². The van der Waals surface area contributed by atoms with Crippen LogP contribution in [0.25, 0.3) is 0 Å². The summed E-state index contributed by atoms with van der Waals surface area (Å²) in [4.78, 5) is 4.17. The van der Waals surface area contributed by atoms with Gasteiger partial charge in [0.2, 0.25) is 0 Å². The molecule has 2 heterocycles. The number of rotatable bonds is 6. The average Bonchev–Trinajstić information content (AvgIpc) is 2.42. The normalized spacial score (nSPS) is 16.7. The van der Waals surface area contributed by atoms with Crippen LogP contribution in [0.4, 0.5) is 5.82 Å². The van der Waals surface area contributed by atoms with Crippen LogP contribution in [0.5, 0.6) is 0 Å². The van der Waals surface area contributed by atoms with Crippen molar-refractivity contribution in [1.82, 2.24) is 10.3 Å². The minimum Gasteiger partial charge on any atom is -0.378 e. The summed E-state index contributed by atoms with van der Waals surface area (Å²) in [5, 5.41) is 7.24. The Morgan fingerprint density at radius 1 is 1.39 bits per heavy atom. The molecule has 1 aromatic rings. The molecule has 1 fully saturated rings. The lowest BCUT2D eigenvalue weighted by atomic mass is 10.1. The summed E-state index contributed by atoms with van der Waals surface area (Å²) in [6.07, 6.45) is 5.35. The topological polar surface area (TPSA) is 46.2 Å². The van der Waals surface area contributed by atoms with E-state index in [4.69, 9.17) is 16.3 Å². The van der Waals surface area contributed by atoms with Gasteiger partial charge in [-0.05, 0) is 44.5 Å². The predicted octanol–water partition coefficient (Wildman–Crippen LogP) is 2.31. The molecule has 5 heteroatoms. The third-order valence-corrected chi connectivity index (χ3v) is 3.22. The third-order valence-electron chi connectivity index (χ3n) is 2.99. The lowest BCUT2D eigenvalue weighted by Crippen LogP contribution is -2.32. The van der Waals surface area contributed by atoms with Crippen LogP contribution in [0.3, 0.4) is 0 Å². The third kappa shape index (κ3) is 4.80. The summed E-state index contributed by atoms with van der Waals surface area (Å²) in [5.41, 5.74) is 0. The zero-order valence-electron chi connectivity index (χ0n) is 10.5. The molecule has 0 radical (unpaired) electrons. The number of piperidine rings is 1. The van der Waals surface area contributed by atoms with E-state index in [-0.39, 0.29) is 0 Å². The molecule has 2 rings (SSSR count). The van der Waals surface area contributed by atoms with E-state index >= 15 is 0 Å². The molecule has 0 amide bonds. The van der Waals surface area contributed by atoms with E-state index in [0.717, 1.165) is 51.3 Å². The highest BCUT2D eigenvalue weighted by Gasteiger charge is 2.12. The summed E-state index contributed by atoms with van der Waals surface area (Å²) in [6.45, 7) is 3.85. The van der Waals surface area contributed by atoms with Crippen molar-refractivity contribution in [2.75, 3.05) is 31.6 Å². The molecule has 18 heavy (non-hydrogen) atoms. The molecule has 0 unspecified atom stereocenters. The Hall–Kier alpha value is -0.840. The highest BCUT2D eigenvalue weighted by molar-refractivity contribution is 6.30. The smallest absolute Gasteiger partial charge is 0.125 e. The SMILES string of the molecule is Clc1ccc(NCCCOC2CCNCC2)nc1. The van der Waals surface area contributed by atoms with Gasteiger partial charge < -0.3 is 15.4 Å². The lowest BCUT2D eigenvalue weighted by Gasteiger charge is -2.22. The Morgan fingerprint density at radius 3 is 2.94 bits per heavy atom. The standard InChI is InChI=1S/C13H20ClN3O/c14-11-2-3-13(17-10-11)16-6-1-9-18-12-4-7-15-8-5-12/h2-3,10,12,15H,1,4-9H2,(H,16,17). The van der Waals surface area contributed by atoms with Gasteiger partial charge in [-0.1, -0.05) is 11.6 Å². The number of pyridine rings is 1. The first-order valence-corrected chi connectivity index (χ1v) is 6.90. The van der Waals surface area contributed by atoms with E-state index in [0.29, 0.717) is 11.1 Å². The Balaban J connectivity index is 1.54. The largest absolute Gasteiger partial charge is 0.378 e. The molecule has 1 saturated heterocycles. The van der Waals surface area contributed by atoms with Gasteiger partial charge in [0.15, 0.2) is 0 Å².